The van der Waals surface area contributed by atoms with E-state index < -0.39 is 37.0 Å². The summed E-state index contributed by atoms with van der Waals surface area (Å²) in [5.74, 6) is 1.58. The second-order valence-corrected chi connectivity index (χ2v) is 22.7. The molecule has 6 aromatic carbocycles. The zero-order valence-corrected chi connectivity index (χ0v) is 51.3. The van der Waals surface area contributed by atoms with Gasteiger partial charge in [0.25, 0.3) is 0 Å². The quantitative estimate of drug-likeness (QED) is 0.0291. The molecule has 5 unspecified atom stereocenters. The zero-order chi connectivity index (χ0) is 60.9. The molecular formula is C69H86N6O10. The topological polar surface area (TPSA) is 203 Å². The highest BCUT2D eigenvalue weighted by atomic mass is 16.5. The molecule has 2 aliphatic heterocycles. The Hall–Kier alpha value is -7.44. The first kappa shape index (κ1) is 63.6. The predicted molar refractivity (Wildman–Crippen MR) is 336 cm³/mol. The summed E-state index contributed by atoms with van der Waals surface area (Å²) in [6, 6.07) is 34.6. The van der Waals surface area contributed by atoms with Gasteiger partial charge in [-0.3, -0.25) is 9.80 Å². The van der Waals surface area contributed by atoms with Crippen molar-refractivity contribution in [2.75, 3.05) is 46.2 Å². The number of aliphatic imine (C=N–C) groups is 4. The van der Waals surface area contributed by atoms with Gasteiger partial charge in [0.1, 0.15) is 60.1 Å². The maximum Gasteiger partial charge on any atom is 0.216 e. The minimum Gasteiger partial charge on any atom is -0.507 e. The number of aliphatic hydroxyl groups excluding tert-OH is 3. The number of aliphatic hydroxyl groups is 3. The van der Waals surface area contributed by atoms with Gasteiger partial charge in [-0.2, -0.15) is 0 Å². The van der Waals surface area contributed by atoms with Crippen molar-refractivity contribution >= 4 is 23.3 Å². The third-order valence-corrected chi connectivity index (χ3v) is 15.1. The van der Waals surface area contributed by atoms with Crippen LogP contribution in [0.5, 0.6) is 23.0 Å². The zero-order valence-electron chi connectivity index (χ0n) is 51.3. The summed E-state index contributed by atoms with van der Waals surface area (Å²) < 4.78 is 30.9. The molecule has 0 saturated carbocycles. The van der Waals surface area contributed by atoms with Crippen LogP contribution in [0.4, 0.5) is 0 Å². The van der Waals surface area contributed by atoms with E-state index in [-0.39, 0.29) is 62.6 Å². The van der Waals surface area contributed by atoms with E-state index in [4.69, 9.17) is 43.7 Å². The van der Waals surface area contributed by atoms with Gasteiger partial charge in [-0.05, 0) is 139 Å². The number of aromatic hydroxyl groups is 2. The van der Waals surface area contributed by atoms with Gasteiger partial charge in [-0.25, -0.2) is 20.0 Å². The number of hydrogen-bond donors (Lipinski definition) is 5. The van der Waals surface area contributed by atoms with E-state index in [9.17, 15) is 25.5 Å². The molecule has 0 aliphatic carbocycles. The second kappa shape index (κ2) is 29.6. The Kier molecular flexibility index (Phi) is 22.1. The molecule has 0 aromatic heterocycles. The number of aryl methyl sites for hydroxylation is 8. The Bertz CT molecular complexity index is 3180. The van der Waals surface area contributed by atoms with E-state index in [2.05, 4.69) is 50.2 Å². The van der Waals surface area contributed by atoms with Gasteiger partial charge in [0, 0.05) is 36.5 Å². The van der Waals surface area contributed by atoms with Crippen LogP contribution in [0.25, 0.3) is 0 Å². The lowest BCUT2D eigenvalue weighted by molar-refractivity contribution is -0.130. The number of ether oxygens (including phenoxy) is 5. The lowest BCUT2D eigenvalue weighted by Gasteiger charge is -2.48. The standard InChI is InChI=1S/C69H86N6O10/c1-12-14-29-81-38-51(77)40-84-53-20-26-59(61(79)36-53)67-72-63(55-22-16-42(3)32-46(55)7)70-65(57-24-18-44(5)34-48(57)9)74(67)69(83-31-28-50(11)76)75-66(58-25-19-45(6)35-49(58)10)71-64(56-23-17-43(4)33-47(56)8)73-68(75)60-27-21-54(37-62(60)80)85-41-52(78)39-82-30-15-13-2/h16-27,32-37,50-52,65-66,69,76-80H,12-15,28-31,38-41H2,1-11H3. The molecule has 6 aromatic rings. The van der Waals surface area contributed by atoms with E-state index in [0.717, 1.165) is 92.4 Å². The van der Waals surface area contributed by atoms with E-state index in [0.29, 0.717) is 47.5 Å². The highest BCUT2D eigenvalue weighted by Crippen LogP contribution is 2.43. The van der Waals surface area contributed by atoms with Crippen LogP contribution in [-0.4, -0.2) is 130 Å². The summed E-state index contributed by atoms with van der Waals surface area (Å²) in [6.07, 6.45) is -1.86. The van der Waals surface area contributed by atoms with Crippen LogP contribution in [0, 0.1) is 55.4 Å². The van der Waals surface area contributed by atoms with Crippen LogP contribution in [0.1, 0.15) is 143 Å². The van der Waals surface area contributed by atoms with E-state index >= 15 is 0 Å². The molecule has 0 saturated heterocycles. The number of rotatable bonds is 28. The summed E-state index contributed by atoms with van der Waals surface area (Å²) in [4.78, 5) is 26.1. The number of phenolic OH excluding ortho intramolecular Hbond substituents is 2. The summed E-state index contributed by atoms with van der Waals surface area (Å²) in [7, 11) is 0. The highest BCUT2D eigenvalue weighted by Gasteiger charge is 2.46. The first-order valence-corrected chi connectivity index (χ1v) is 29.8. The van der Waals surface area contributed by atoms with Crippen molar-refractivity contribution in [1.29, 1.82) is 0 Å². The Morgan fingerprint density at radius 1 is 0.471 bits per heavy atom. The molecule has 0 fully saturated rings. The fourth-order valence-electron chi connectivity index (χ4n) is 10.5. The molecule has 0 bridgehead atoms. The van der Waals surface area contributed by atoms with E-state index in [1.165, 1.54) is 12.1 Å². The molecule has 0 radical (unpaired) electrons. The third-order valence-electron chi connectivity index (χ3n) is 15.1. The number of nitrogens with zero attached hydrogens (tertiary/aromatic N) is 6. The highest BCUT2D eigenvalue weighted by molar-refractivity contribution is 6.16. The van der Waals surface area contributed by atoms with Crippen LogP contribution in [0.3, 0.4) is 0 Å². The number of unbranched alkanes of at least 4 members (excludes halogenated alkanes) is 2. The van der Waals surface area contributed by atoms with Crippen molar-refractivity contribution in [2.24, 2.45) is 20.0 Å². The Balaban J connectivity index is 1.39. The Labute approximate surface area is 501 Å². The van der Waals surface area contributed by atoms with Crippen molar-refractivity contribution in [3.8, 4) is 23.0 Å². The molecule has 0 amide bonds. The van der Waals surface area contributed by atoms with Crippen molar-refractivity contribution in [2.45, 2.75) is 145 Å². The molecule has 452 valence electrons. The number of phenols is 2. The molecule has 5 N–H and O–H groups in total. The maximum atomic E-state index is 12.6. The van der Waals surface area contributed by atoms with Crippen LogP contribution >= 0.6 is 0 Å². The summed E-state index contributed by atoms with van der Waals surface area (Å²) in [6.45, 7) is 23.3. The van der Waals surface area contributed by atoms with Gasteiger partial charge >= 0.3 is 0 Å². The van der Waals surface area contributed by atoms with Crippen molar-refractivity contribution in [3.05, 3.63) is 187 Å². The molecule has 85 heavy (non-hydrogen) atoms. The average molecular weight is 1160 g/mol. The molecule has 16 heteroatoms. The summed E-state index contributed by atoms with van der Waals surface area (Å²) in [5, 5.41) is 57.9. The lowest BCUT2D eigenvalue weighted by Crippen LogP contribution is -2.58. The Morgan fingerprint density at radius 3 is 1.22 bits per heavy atom. The van der Waals surface area contributed by atoms with Gasteiger partial charge in [-0.1, -0.05) is 122 Å². The third kappa shape index (κ3) is 16.1. The second-order valence-electron chi connectivity index (χ2n) is 22.7. The normalized spacial score (nSPS) is 16.7. The smallest absolute Gasteiger partial charge is 0.216 e. The molecule has 0 spiro atoms. The van der Waals surface area contributed by atoms with Gasteiger partial charge in [0.2, 0.25) is 6.35 Å². The molecule has 8 rings (SSSR count). The summed E-state index contributed by atoms with van der Waals surface area (Å²) in [5.41, 5.74) is 11.7. The first-order valence-electron chi connectivity index (χ1n) is 29.8. The largest absolute Gasteiger partial charge is 0.507 e. The molecule has 5 atom stereocenters. The molecule has 16 nitrogen and oxygen atoms in total. The van der Waals surface area contributed by atoms with E-state index in [1.54, 1.807) is 31.2 Å². The molecule has 2 aliphatic rings. The van der Waals surface area contributed by atoms with Gasteiger partial charge in [-0.15, -0.1) is 0 Å². The van der Waals surface area contributed by atoms with Gasteiger partial charge in [0.15, 0.2) is 24.0 Å². The summed E-state index contributed by atoms with van der Waals surface area (Å²) >= 11 is 0. The van der Waals surface area contributed by atoms with Crippen LogP contribution < -0.4 is 9.47 Å². The van der Waals surface area contributed by atoms with Crippen LogP contribution in [0.2, 0.25) is 0 Å². The van der Waals surface area contributed by atoms with Gasteiger partial charge < -0.3 is 49.2 Å². The number of amidine groups is 4. The maximum absolute atomic E-state index is 12.6. The van der Waals surface area contributed by atoms with Crippen LogP contribution in [-0.2, 0) is 14.2 Å². The van der Waals surface area contributed by atoms with E-state index in [1.807, 2.05) is 102 Å². The minimum atomic E-state index is -1.31. The minimum absolute atomic E-state index is 0.00284. The monoisotopic (exact) mass is 1160 g/mol. The molecular weight excluding hydrogens is 1070 g/mol. The fourth-order valence-corrected chi connectivity index (χ4v) is 10.5. The SMILES string of the molecule is CCCCOCC(O)COc1ccc(C2=NC(c3ccc(C)cc3C)=NC(c3ccc(C)cc3C)N2C(OCCC(C)O)N2C(c3ccc(OCC(O)COCCCC)cc3O)=NC(c3ccc(C)cc3C)=NC2c2ccc(C)cc2C)c(O)c1. The lowest BCUT2D eigenvalue weighted by atomic mass is 9.98. The van der Waals surface area contributed by atoms with Crippen molar-refractivity contribution in [1.82, 2.24) is 9.80 Å². The fraction of sp³-hybridized carbons (Fsp3) is 0.420. The Morgan fingerprint density at radius 2 is 0.859 bits per heavy atom. The first-order chi connectivity index (χ1) is 40.8. The predicted octanol–water partition coefficient (Wildman–Crippen LogP) is 11.9. The average Bonchev–Trinajstić information content (AvgIpc) is 0.990. The van der Waals surface area contributed by atoms with Gasteiger partial charge in [0.05, 0.1) is 37.1 Å². The van der Waals surface area contributed by atoms with Crippen molar-refractivity contribution < 1.29 is 49.2 Å². The number of benzene rings is 6. The molecule has 2 heterocycles. The van der Waals surface area contributed by atoms with Crippen molar-refractivity contribution in [3.63, 3.8) is 0 Å². The van der Waals surface area contributed by atoms with Crippen LogP contribution in [0.15, 0.2) is 129 Å². The number of hydrogen-bond acceptors (Lipinski definition) is 16.